The molecule has 0 aromatic heterocycles. The summed E-state index contributed by atoms with van der Waals surface area (Å²) in [5.41, 5.74) is 0.645. The highest BCUT2D eigenvalue weighted by Gasteiger charge is 1.99. The Morgan fingerprint density at radius 1 is 1.88 bits per heavy atom. The number of ether oxygens (including phenoxy) is 1. The zero-order chi connectivity index (χ0) is 6.57. The van der Waals surface area contributed by atoms with Crippen LogP contribution in [0.3, 0.4) is 0 Å². The summed E-state index contributed by atoms with van der Waals surface area (Å²) >= 11 is 0. The van der Waals surface area contributed by atoms with Gasteiger partial charge in [-0.25, -0.2) is 0 Å². The predicted molar refractivity (Wildman–Crippen MR) is 32.4 cm³/mol. The minimum atomic E-state index is -0.778. The molecule has 0 rings (SSSR count). The van der Waals surface area contributed by atoms with Gasteiger partial charge in [0, 0.05) is 6.61 Å². The van der Waals surface area contributed by atoms with E-state index in [0.29, 0.717) is 12.2 Å². The maximum absolute atomic E-state index is 8.80. The molecule has 0 saturated carbocycles. The van der Waals surface area contributed by atoms with Crippen LogP contribution in [-0.4, -0.2) is 18.0 Å². The summed E-state index contributed by atoms with van der Waals surface area (Å²) in [6.45, 7) is 7.57. The maximum Gasteiger partial charge on any atom is 0.176 e. The van der Waals surface area contributed by atoms with Crippen molar-refractivity contribution in [1.82, 2.24) is 0 Å². The van der Waals surface area contributed by atoms with Gasteiger partial charge < -0.3 is 9.84 Å². The van der Waals surface area contributed by atoms with Crippen LogP contribution < -0.4 is 0 Å². The lowest BCUT2D eigenvalue weighted by molar-refractivity contribution is -0.0666. The molecule has 0 bridgehead atoms. The van der Waals surface area contributed by atoms with Crippen molar-refractivity contribution in [2.45, 2.75) is 20.1 Å². The molecule has 2 heteroatoms. The van der Waals surface area contributed by atoms with Crippen molar-refractivity contribution in [3.8, 4) is 0 Å². The Morgan fingerprint density at radius 3 is 2.50 bits per heavy atom. The molecule has 0 aliphatic rings. The second-order valence-electron chi connectivity index (χ2n) is 1.65. The SMILES string of the molecule is C=C(C)[C@H](O)OCC. The van der Waals surface area contributed by atoms with Crippen molar-refractivity contribution >= 4 is 0 Å². The molecule has 48 valence electrons. The molecular formula is C6H12O2. The monoisotopic (exact) mass is 116 g/mol. The average Bonchev–Trinajstić information content (AvgIpc) is 1.67. The molecule has 0 saturated heterocycles. The highest BCUT2D eigenvalue weighted by Crippen LogP contribution is 1.97. The summed E-state index contributed by atoms with van der Waals surface area (Å²) in [7, 11) is 0. The first-order valence-corrected chi connectivity index (χ1v) is 2.63. The summed E-state index contributed by atoms with van der Waals surface area (Å²) in [5.74, 6) is 0. The summed E-state index contributed by atoms with van der Waals surface area (Å²) in [6.07, 6.45) is -0.778. The van der Waals surface area contributed by atoms with Gasteiger partial charge in [0.1, 0.15) is 0 Å². The second-order valence-corrected chi connectivity index (χ2v) is 1.65. The van der Waals surface area contributed by atoms with E-state index in [9.17, 15) is 0 Å². The molecule has 0 unspecified atom stereocenters. The van der Waals surface area contributed by atoms with E-state index in [-0.39, 0.29) is 0 Å². The molecule has 0 spiro atoms. The molecule has 0 heterocycles. The van der Waals surface area contributed by atoms with E-state index in [1.54, 1.807) is 6.92 Å². The van der Waals surface area contributed by atoms with Crippen molar-refractivity contribution in [1.29, 1.82) is 0 Å². The minimum absolute atomic E-state index is 0.522. The maximum atomic E-state index is 8.80. The number of hydrogen-bond acceptors (Lipinski definition) is 2. The normalized spacial score (nSPS) is 13.4. The molecule has 0 fully saturated rings. The average molecular weight is 116 g/mol. The minimum Gasteiger partial charge on any atom is -0.364 e. The van der Waals surface area contributed by atoms with Gasteiger partial charge in [0.05, 0.1) is 0 Å². The zero-order valence-electron chi connectivity index (χ0n) is 5.35. The van der Waals surface area contributed by atoms with Gasteiger partial charge in [-0.2, -0.15) is 0 Å². The molecule has 1 N–H and O–H groups in total. The standard InChI is InChI=1S/C6H12O2/c1-4-8-6(7)5(2)3/h6-7H,2,4H2,1,3H3/t6-/m1/s1. The predicted octanol–water partition coefficient (Wildman–Crippen LogP) is 0.917. The van der Waals surface area contributed by atoms with E-state index in [1.807, 2.05) is 6.92 Å². The first-order chi connectivity index (χ1) is 3.68. The molecule has 1 atom stereocenters. The number of rotatable bonds is 3. The Hall–Kier alpha value is -0.340. The molecule has 2 nitrogen and oxygen atoms in total. The third kappa shape index (κ3) is 2.77. The fraction of sp³-hybridized carbons (Fsp3) is 0.667. The summed E-state index contributed by atoms with van der Waals surface area (Å²) < 4.78 is 4.76. The zero-order valence-corrected chi connectivity index (χ0v) is 5.35. The molecule has 0 radical (unpaired) electrons. The topological polar surface area (TPSA) is 29.5 Å². The van der Waals surface area contributed by atoms with E-state index in [1.165, 1.54) is 0 Å². The fourth-order valence-electron chi connectivity index (χ4n) is 0.300. The van der Waals surface area contributed by atoms with Gasteiger partial charge >= 0.3 is 0 Å². The third-order valence-electron chi connectivity index (χ3n) is 0.746. The summed E-state index contributed by atoms with van der Waals surface area (Å²) in [4.78, 5) is 0. The van der Waals surface area contributed by atoms with Crippen LogP contribution in [0.15, 0.2) is 12.2 Å². The highest BCUT2D eigenvalue weighted by molar-refractivity contribution is 4.91. The Balaban J connectivity index is 3.32. The van der Waals surface area contributed by atoms with Crippen LogP contribution >= 0.6 is 0 Å². The van der Waals surface area contributed by atoms with Crippen LogP contribution in [0.25, 0.3) is 0 Å². The van der Waals surface area contributed by atoms with Crippen LogP contribution in [0, 0.1) is 0 Å². The van der Waals surface area contributed by atoms with E-state index in [2.05, 4.69) is 6.58 Å². The van der Waals surface area contributed by atoms with Crippen molar-refractivity contribution < 1.29 is 9.84 Å². The van der Waals surface area contributed by atoms with E-state index in [4.69, 9.17) is 9.84 Å². The molecule has 8 heavy (non-hydrogen) atoms. The quantitative estimate of drug-likeness (QED) is 0.439. The Bertz CT molecular complexity index is 78.6. The highest BCUT2D eigenvalue weighted by atomic mass is 16.6. The molecular weight excluding hydrogens is 104 g/mol. The smallest absolute Gasteiger partial charge is 0.176 e. The Kier molecular flexibility index (Phi) is 3.48. The lowest BCUT2D eigenvalue weighted by Crippen LogP contribution is -2.11. The molecule has 0 amide bonds. The number of aliphatic hydroxyl groups excluding tert-OH is 1. The van der Waals surface area contributed by atoms with Crippen LogP contribution in [-0.2, 0) is 4.74 Å². The van der Waals surface area contributed by atoms with Gasteiger partial charge in [-0.1, -0.05) is 6.58 Å². The largest absolute Gasteiger partial charge is 0.364 e. The first kappa shape index (κ1) is 7.66. The Morgan fingerprint density at radius 2 is 2.38 bits per heavy atom. The lowest BCUT2D eigenvalue weighted by atomic mass is 10.3. The molecule has 0 aliphatic heterocycles. The Labute approximate surface area is 49.8 Å². The summed E-state index contributed by atoms with van der Waals surface area (Å²) in [6, 6.07) is 0. The van der Waals surface area contributed by atoms with Crippen molar-refractivity contribution in [2.24, 2.45) is 0 Å². The van der Waals surface area contributed by atoms with E-state index >= 15 is 0 Å². The van der Waals surface area contributed by atoms with Gasteiger partial charge in [0.15, 0.2) is 6.29 Å². The van der Waals surface area contributed by atoms with Crippen LogP contribution in [0.4, 0.5) is 0 Å². The van der Waals surface area contributed by atoms with Gasteiger partial charge in [-0.05, 0) is 19.4 Å². The first-order valence-electron chi connectivity index (χ1n) is 2.63. The van der Waals surface area contributed by atoms with Gasteiger partial charge in [-0.15, -0.1) is 0 Å². The van der Waals surface area contributed by atoms with Crippen molar-refractivity contribution in [3.05, 3.63) is 12.2 Å². The molecule has 0 aromatic rings. The summed E-state index contributed by atoms with van der Waals surface area (Å²) in [5, 5.41) is 8.80. The van der Waals surface area contributed by atoms with Gasteiger partial charge in [-0.3, -0.25) is 0 Å². The van der Waals surface area contributed by atoms with Gasteiger partial charge in [0.25, 0.3) is 0 Å². The lowest BCUT2D eigenvalue weighted by Gasteiger charge is -2.07. The third-order valence-corrected chi connectivity index (χ3v) is 0.746. The fourth-order valence-corrected chi connectivity index (χ4v) is 0.300. The van der Waals surface area contributed by atoms with Crippen molar-refractivity contribution in [3.63, 3.8) is 0 Å². The number of hydrogen-bond donors (Lipinski definition) is 1. The van der Waals surface area contributed by atoms with Crippen LogP contribution in [0.1, 0.15) is 13.8 Å². The second kappa shape index (κ2) is 3.64. The van der Waals surface area contributed by atoms with Crippen LogP contribution in [0.5, 0.6) is 0 Å². The molecule has 0 aliphatic carbocycles. The van der Waals surface area contributed by atoms with E-state index < -0.39 is 6.29 Å². The van der Waals surface area contributed by atoms with Crippen molar-refractivity contribution in [2.75, 3.05) is 6.61 Å². The van der Waals surface area contributed by atoms with E-state index in [0.717, 1.165) is 0 Å². The van der Waals surface area contributed by atoms with Crippen LogP contribution in [0.2, 0.25) is 0 Å². The van der Waals surface area contributed by atoms with Gasteiger partial charge in [0.2, 0.25) is 0 Å². The number of aliphatic hydroxyl groups is 1. The molecule has 0 aromatic carbocycles.